The molecular formula is C17H17NO4. The molecule has 22 heavy (non-hydrogen) atoms. The number of hydrogen-bond donors (Lipinski definition) is 1. The Labute approximate surface area is 128 Å². The molecule has 0 atom stereocenters. The van der Waals surface area contributed by atoms with E-state index in [0.717, 1.165) is 12.0 Å². The molecular weight excluding hydrogens is 282 g/mol. The molecule has 5 heteroatoms. The van der Waals surface area contributed by atoms with Gasteiger partial charge in [-0.2, -0.15) is 0 Å². The van der Waals surface area contributed by atoms with Gasteiger partial charge in [-0.1, -0.05) is 31.2 Å². The Bertz CT molecular complexity index is 698. The van der Waals surface area contributed by atoms with Crippen LogP contribution in [0, 0.1) is 0 Å². The number of rotatable bonds is 6. The van der Waals surface area contributed by atoms with Gasteiger partial charge in [-0.25, -0.2) is 4.79 Å². The molecule has 0 fully saturated rings. The van der Waals surface area contributed by atoms with Crippen LogP contribution in [-0.2, 0) is 11.2 Å². The van der Waals surface area contributed by atoms with Gasteiger partial charge in [0.1, 0.15) is 5.69 Å². The van der Waals surface area contributed by atoms with E-state index in [1.807, 2.05) is 19.1 Å². The van der Waals surface area contributed by atoms with E-state index in [9.17, 15) is 14.4 Å². The third-order valence-corrected chi connectivity index (χ3v) is 3.33. The largest absolute Gasteiger partial charge is 0.453 e. The average molecular weight is 299 g/mol. The molecule has 0 saturated heterocycles. The molecule has 0 saturated carbocycles. The van der Waals surface area contributed by atoms with Crippen molar-refractivity contribution in [2.24, 2.45) is 0 Å². The summed E-state index contributed by atoms with van der Waals surface area (Å²) >= 11 is 0. The molecule has 1 aromatic heterocycles. The molecule has 2 aromatic rings. The number of ketones is 2. The summed E-state index contributed by atoms with van der Waals surface area (Å²) in [5, 5.41) is 0. The standard InChI is InChI=1S/C17H17NO4/c1-3-12-4-6-13(7-5-12)16(20)10-22-17(21)15-8-14(9-18-15)11(2)19/h4-9,18H,3,10H2,1-2H3. The maximum Gasteiger partial charge on any atom is 0.355 e. The highest BCUT2D eigenvalue weighted by Gasteiger charge is 2.14. The number of Topliss-reactive ketones (excluding diaryl/α,β-unsaturated/α-hetero) is 2. The fourth-order valence-corrected chi connectivity index (χ4v) is 1.93. The Morgan fingerprint density at radius 2 is 1.77 bits per heavy atom. The van der Waals surface area contributed by atoms with Gasteiger partial charge in [-0.3, -0.25) is 9.59 Å². The second-order valence-electron chi connectivity index (χ2n) is 4.91. The summed E-state index contributed by atoms with van der Waals surface area (Å²) in [5.74, 6) is -1.08. The normalized spacial score (nSPS) is 10.3. The fraction of sp³-hybridized carbons (Fsp3) is 0.235. The SMILES string of the molecule is CCc1ccc(C(=O)COC(=O)c2cc(C(C)=O)c[nH]2)cc1. The number of ether oxygens (including phenoxy) is 1. The minimum atomic E-state index is -0.661. The van der Waals surface area contributed by atoms with Crippen LogP contribution in [-0.4, -0.2) is 29.1 Å². The third kappa shape index (κ3) is 3.69. The number of hydrogen-bond acceptors (Lipinski definition) is 4. The van der Waals surface area contributed by atoms with Gasteiger partial charge in [0.2, 0.25) is 0 Å². The molecule has 5 nitrogen and oxygen atoms in total. The van der Waals surface area contributed by atoms with Crippen molar-refractivity contribution in [1.29, 1.82) is 0 Å². The van der Waals surface area contributed by atoms with Crippen molar-refractivity contribution in [3.63, 3.8) is 0 Å². The Morgan fingerprint density at radius 3 is 2.32 bits per heavy atom. The lowest BCUT2D eigenvalue weighted by atomic mass is 10.1. The Balaban J connectivity index is 1.94. The van der Waals surface area contributed by atoms with Crippen molar-refractivity contribution in [2.45, 2.75) is 20.3 Å². The lowest BCUT2D eigenvalue weighted by molar-refractivity contribution is 0.0469. The molecule has 0 amide bonds. The highest BCUT2D eigenvalue weighted by molar-refractivity contribution is 6.00. The van der Waals surface area contributed by atoms with Crippen LogP contribution in [0.2, 0.25) is 0 Å². The molecule has 0 spiro atoms. The highest BCUT2D eigenvalue weighted by Crippen LogP contribution is 2.08. The van der Waals surface area contributed by atoms with Crippen LogP contribution in [0.15, 0.2) is 36.5 Å². The maximum atomic E-state index is 12.0. The van der Waals surface area contributed by atoms with Crippen LogP contribution in [0.1, 0.15) is 50.6 Å². The van der Waals surface area contributed by atoms with E-state index < -0.39 is 5.97 Å². The molecule has 1 N–H and O–H groups in total. The van der Waals surface area contributed by atoms with E-state index in [4.69, 9.17) is 4.74 Å². The fourth-order valence-electron chi connectivity index (χ4n) is 1.93. The van der Waals surface area contributed by atoms with E-state index in [1.54, 1.807) is 12.1 Å². The predicted octanol–water partition coefficient (Wildman–Crippen LogP) is 2.82. The number of H-pyrrole nitrogens is 1. The zero-order chi connectivity index (χ0) is 16.1. The van der Waals surface area contributed by atoms with E-state index in [0.29, 0.717) is 11.1 Å². The number of benzene rings is 1. The number of nitrogens with one attached hydrogen (secondary N) is 1. The van der Waals surface area contributed by atoms with Crippen LogP contribution in [0.5, 0.6) is 0 Å². The van der Waals surface area contributed by atoms with Crippen LogP contribution in [0.3, 0.4) is 0 Å². The molecule has 0 bridgehead atoms. The van der Waals surface area contributed by atoms with Crippen LogP contribution in [0.4, 0.5) is 0 Å². The van der Waals surface area contributed by atoms with E-state index >= 15 is 0 Å². The van der Waals surface area contributed by atoms with E-state index in [2.05, 4.69) is 4.98 Å². The van der Waals surface area contributed by atoms with Gasteiger partial charge >= 0.3 is 5.97 Å². The van der Waals surface area contributed by atoms with Crippen LogP contribution < -0.4 is 0 Å². The van der Waals surface area contributed by atoms with Gasteiger partial charge in [0.25, 0.3) is 0 Å². The van der Waals surface area contributed by atoms with Crippen LogP contribution >= 0.6 is 0 Å². The monoisotopic (exact) mass is 299 g/mol. The highest BCUT2D eigenvalue weighted by atomic mass is 16.5. The Kier molecular flexibility index (Phi) is 4.88. The Morgan fingerprint density at radius 1 is 1.09 bits per heavy atom. The molecule has 0 aliphatic heterocycles. The van der Waals surface area contributed by atoms with Gasteiger partial charge in [0.05, 0.1) is 0 Å². The summed E-state index contributed by atoms with van der Waals surface area (Å²) in [7, 11) is 0. The van der Waals surface area contributed by atoms with Gasteiger partial charge in [0.15, 0.2) is 18.2 Å². The summed E-state index contributed by atoms with van der Waals surface area (Å²) in [4.78, 5) is 37.6. The first-order chi connectivity index (χ1) is 10.5. The minimum absolute atomic E-state index is 0.151. The van der Waals surface area contributed by atoms with Gasteiger partial charge in [0, 0.05) is 17.3 Å². The molecule has 1 heterocycles. The van der Waals surface area contributed by atoms with Crippen molar-refractivity contribution in [1.82, 2.24) is 4.98 Å². The summed E-state index contributed by atoms with van der Waals surface area (Å²) in [5.41, 5.74) is 2.19. The Hall–Kier alpha value is -2.69. The van der Waals surface area contributed by atoms with Gasteiger partial charge < -0.3 is 9.72 Å². The van der Waals surface area contributed by atoms with Gasteiger partial charge in [-0.15, -0.1) is 0 Å². The maximum absolute atomic E-state index is 12.0. The topological polar surface area (TPSA) is 76.2 Å². The number of aryl methyl sites for hydroxylation is 1. The van der Waals surface area contributed by atoms with Gasteiger partial charge in [-0.05, 0) is 25.0 Å². The minimum Gasteiger partial charge on any atom is -0.453 e. The molecule has 0 unspecified atom stereocenters. The van der Waals surface area contributed by atoms with Crippen molar-refractivity contribution < 1.29 is 19.1 Å². The van der Waals surface area contributed by atoms with Crippen molar-refractivity contribution in [3.05, 3.63) is 58.9 Å². The smallest absolute Gasteiger partial charge is 0.355 e. The zero-order valence-corrected chi connectivity index (χ0v) is 12.5. The molecule has 114 valence electrons. The third-order valence-electron chi connectivity index (χ3n) is 3.33. The quantitative estimate of drug-likeness (QED) is 0.657. The molecule has 2 rings (SSSR count). The van der Waals surface area contributed by atoms with E-state index in [1.165, 1.54) is 19.2 Å². The summed E-state index contributed by atoms with van der Waals surface area (Å²) in [6.07, 6.45) is 2.33. The number of aromatic nitrogens is 1. The molecule has 0 aliphatic carbocycles. The first-order valence-corrected chi connectivity index (χ1v) is 7.00. The lowest BCUT2D eigenvalue weighted by Crippen LogP contribution is -2.14. The first kappa shape index (κ1) is 15.7. The van der Waals surface area contributed by atoms with E-state index in [-0.39, 0.29) is 23.9 Å². The number of esters is 1. The van der Waals surface area contributed by atoms with Crippen LogP contribution in [0.25, 0.3) is 0 Å². The number of carbonyl (C=O) groups is 3. The first-order valence-electron chi connectivity index (χ1n) is 7.00. The summed E-state index contributed by atoms with van der Waals surface area (Å²) in [6.45, 7) is 3.10. The van der Waals surface area contributed by atoms with Crippen molar-refractivity contribution >= 4 is 17.5 Å². The van der Waals surface area contributed by atoms with Crippen molar-refractivity contribution in [3.8, 4) is 0 Å². The lowest BCUT2D eigenvalue weighted by Gasteiger charge is -2.04. The second kappa shape index (κ2) is 6.85. The zero-order valence-electron chi connectivity index (χ0n) is 12.5. The molecule has 0 radical (unpaired) electrons. The summed E-state index contributed by atoms with van der Waals surface area (Å²) in [6, 6.07) is 8.60. The average Bonchev–Trinajstić information content (AvgIpc) is 3.02. The predicted molar refractivity (Wildman–Crippen MR) is 81.2 cm³/mol. The summed E-state index contributed by atoms with van der Waals surface area (Å²) < 4.78 is 4.96. The second-order valence-corrected chi connectivity index (χ2v) is 4.91. The molecule has 1 aromatic carbocycles. The number of carbonyl (C=O) groups excluding carboxylic acids is 3. The van der Waals surface area contributed by atoms with Crippen molar-refractivity contribution in [2.75, 3.05) is 6.61 Å². The molecule has 0 aliphatic rings. The number of aromatic amines is 1.